The summed E-state index contributed by atoms with van der Waals surface area (Å²) < 4.78 is 11.5. The molecule has 0 heterocycles. The van der Waals surface area contributed by atoms with Crippen LogP contribution in [0.5, 0.6) is 0 Å². The molecular formula is C18H20O3. The molecule has 1 fully saturated rings. The number of ether oxygens (including phenoxy) is 2. The summed E-state index contributed by atoms with van der Waals surface area (Å²) in [5.41, 5.74) is 1.06. The fourth-order valence-corrected chi connectivity index (χ4v) is 2.37. The molecule has 3 heteroatoms. The number of allylic oxidation sites excluding steroid dienone is 2. The molecule has 2 aliphatic rings. The van der Waals surface area contributed by atoms with Crippen molar-refractivity contribution in [2.24, 2.45) is 0 Å². The summed E-state index contributed by atoms with van der Waals surface area (Å²) in [5.74, 6) is 0.772. The fourth-order valence-electron chi connectivity index (χ4n) is 2.37. The molecule has 1 aromatic carbocycles. The molecular weight excluding hydrogens is 264 g/mol. The molecule has 1 aromatic rings. The second-order valence-electron chi connectivity index (χ2n) is 5.49. The summed E-state index contributed by atoms with van der Waals surface area (Å²) >= 11 is 0. The molecule has 0 radical (unpaired) electrons. The first-order chi connectivity index (χ1) is 10.3. The molecule has 0 N–H and O–H groups in total. The molecule has 0 spiro atoms. The van der Waals surface area contributed by atoms with Crippen molar-refractivity contribution in [2.45, 2.75) is 44.8 Å². The van der Waals surface area contributed by atoms with Crippen LogP contribution in [0.4, 0.5) is 0 Å². The van der Waals surface area contributed by atoms with Crippen molar-refractivity contribution < 1.29 is 14.3 Å². The summed E-state index contributed by atoms with van der Waals surface area (Å²) in [6, 6.07) is 9.87. The van der Waals surface area contributed by atoms with Crippen LogP contribution in [-0.4, -0.2) is 11.9 Å². The van der Waals surface area contributed by atoms with Crippen LogP contribution in [0.1, 0.15) is 37.7 Å². The van der Waals surface area contributed by atoms with Gasteiger partial charge in [-0.2, -0.15) is 0 Å². The van der Waals surface area contributed by atoms with Gasteiger partial charge in [-0.25, -0.2) is 0 Å². The first-order valence-electron chi connectivity index (χ1n) is 7.61. The van der Waals surface area contributed by atoms with Crippen LogP contribution in [0.3, 0.4) is 0 Å². The Balaban J connectivity index is 1.62. The van der Waals surface area contributed by atoms with Crippen LogP contribution >= 0.6 is 0 Å². The van der Waals surface area contributed by atoms with Crippen molar-refractivity contribution in [3.8, 4) is 0 Å². The van der Waals surface area contributed by atoms with E-state index in [-0.39, 0.29) is 11.9 Å². The minimum absolute atomic E-state index is 0.115. The van der Waals surface area contributed by atoms with E-state index in [0.717, 1.165) is 31.2 Å². The van der Waals surface area contributed by atoms with Gasteiger partial charge in [-0.15, -0.1) is 0 Å². The topological polar surface area (TPSA) is 35.5 Å². The molecule has 0 aliphatic heterocycles. The van der Waals surface area contributed by atoms with Crippen LogP contribution < -0.4 is 0 Å². The van der Waals surface area contributed by atoms with Crippen molar-refractivity contribution in [3.05, 3.63) is 59.6 Å². The summed E-state index contributed by atoms with van der Waals surface area (Å²) in [4.78, 5) is 12.5. The smallest absolute Gasteiger partial charge is 0.261 e. The molecule has 0 atom stereocenters. The van der Waals surface area contributed by atoms with E-state index in [0.29, 0.717) is 18.1 Å². The molecule has 0 aromatic heterocycles. The minimum Gasteiger partial charge on any atom is -0.487 e. The Morgan fingerprint density at radius 3 is 2.38 bits per heavy atom. The van der Waals surface area contributed by atoms with Gasteiger partial charge in [0.1, 0.15) is 6.61 Å². The lowest BCUT2D eigenvalue weighted by Gasteiger charge is -2.27. The van der Waals surface area contributed by atoms with E-state index in [2.05, 4.69) is 0 Å². The maximum Gasteiger partial charge on any atom is 0.261 e. The molecule has 3 rings (SSSR count). The quantitative estimate of drug-likeness (QED) is 0.822. The van der Waals surface area contributed by atoms with Gasteiger partial charge in [0, 0.05) is 0 Å². The number of Topliss-reactive ketones (excluding diaryl/α,β-unsaturated/α-hetero) is 1. The molecule has 2 aliphatic carbocycles. The summed E-state index contributed by atoms with van der Waals surface area (Å²) in [6.07, 6.45) is 8.92. The molecule has 21 heavy (non-hydrogen) atoms. The van der Waals surface area contributed by atoms with E-state index in [1.807, 2.05) is 42.5 Å². The van der Waals surface area contributed by atoms with Crippen LogP contribution in [0.2, 0.25) is 0 Å². The average molecular weight is 284 g/mol. The van der Waals surface area contributed by atoms with Crippen molar-refractivity contribution in [1.82, 2.24) is 0 Å². The van der Waals surface area contributed by atoms with E-state index >= 15 is 0 Å². The minimum atomic E-state index is -0.115. The van der Waals surface area contributed by atoms with Gasteiger partial charge in [-0.05, 0) is 49.8 Å². The summed E-state index contributed by atoms with van der Waals surface area (Å²) in [5, 5.41) is 0. The van der Waals surface area contributed by atoms with E-state index in [1.54, 1.807) is 0 Å². The van der Waals surface area contributed by atoms with Gasteiger partial charge in [0.25, 0.3) is 5.78 Å². The van der Waals surface area contributed by atoms with Gasteiger partial charge >= 0.3 is 0 Å². The Bertz CT molecular complexity index is 553. The molecule has 1 saturated carbocycles. The molecule has 0 bridgehead atoms. The summed E-state index contributed by atoms with van der Waals surface area (Å²) in [6.45, 7) is 0.412. The number of hydrogen-bond acceptors (Lipinski definition) is 3. The highest BCUT2D eigenvalue weighted by Gasteiger charge is 2.26. The largest absolute Gasteiger partial charge is 0.487 e. The third kappa shape index (κ3) is 3.54. The fraction of sp³-hybridized carbons (Fsp3) is 0.389. The number of carbonyl (C=O) groups excluding carboxylic acids is 1. The number of rotatable bonds is 5. The zero-order valence-corrected chi connectivity index (χ0v) is 12.1. The highest BCUT2D eigenvalue weighted by molar-refractivity contribution is 6.05. The monoisotopic (exact) mass is 284 g/mol. The van der Waals surface area contributed by atoms with Gasteiger partial charge in [-0.1, -0.05) is 30.3 Å². The number of ketones is 1. The highest BCUT2D eigenvalue weighted by Crippen LogP contribution is 2.27. The lowest BCUT2D eigenvalue weighted by Crippen LogP contribution is -2.24. The second kappa shape index (κ2) is 6.61. The molecule has 0 unspecified atom stereocenters. The number of benzene rings is 1. The number of hydrogen-bond donors (Lipinski definition) is 0. The number of carbonyl (C=O) groups is 1. The van der Waals surface area contributed by atoms with Gasteiger partial charge in [-0.3, -0.25) is 4.79 Å². The Hall–Kier alpha value is -2.03. The maximum atomic E-state index is 12.5. The lowest BCUT2D eigenvalue weighted by atomic mass is 9.96. The van der Waals surface area contributed by atoms with Crippen LogP contribution in [0.15, 0.2) is 54.0 Å². The van der Waals surface area contributed by atoms with Crippen LogP contribution in [0, 0.1) is 0 Å². The summed E-state index contributed by atoms with van der Waals surface area (Å²) in [7, 11) is 0. The molecule has 3 nitrogen and oxygen atoms in total. The predicted molar refractivity (Wildman–Crippen MR) is 80.4 cm³/mol. The van der Waals surface area contributed by atoms with E-state index < -0.39 is 0 Å². The SMILES string of the molecule is O=C1C(OCc2ccccc2)=CCCC=C1OC1CCC1. The zero-order valence-electron chi connectivity index (χ0n) is 12.1. The van der Waals surface area contributed by atoms with Crippen molar-refractivity contribution in [3.63, 3.8) is 0 Å². The predicted octanol–water partition coefficient (Wildman–Crippen LogP) is 3.90. The Morgan fingerprint density at radius 2 is 1.71 bits per heavy atom. The zero-order chi connectivity index (χ0) is 14.5. The van der Waals surface area contributed by atoms with Crippen LogP contribution in [0.25, 0.3) is 0 Å². The van der Waals surface area contributed by atoms with Crippen molar-refractivity contribution in [1.29, 1.82) is 0 Å². The van der Waals surface area contributed by atoms with Gasteiger partial charge in [0.05, 0.1) is 6.10 Å². The molecule has 0 amide bonds. The standard InChI is InChI=1S/C18H20O3/c19-18-16(20-13-14-7-2-1-3-8-14)11-4-5-12-17(18)21-15-9-6-10-15/h1-3,7-8,11-12,15H,4-6,9-10,13H2. The Labute approximate surface area is 125 Å². The van der Waals surface area contributed by atoms with Gasteiger partial charge in [0.15, 0.2) is 11.5 Å². The average Bonchev–Trinajstić information content (AvgIpc) is 2.64. The van der Waals surface area contributed by atoms with Crippen molar-refractivity contribution >= 4 is 5.78 Å². The highest BCUT2D eigenvalue weighted by atomic mass is 16.5. The van der Waals surface area contributed by atoms with Crippen molar-refractivity contribution in [2.75, 3.05) is 0 Å². The third-order valence-electron chi connectivity index (χ3n) is 3.86. The molecule has 110 valence electrons. The first-order valence-corrected chi connectivity index (χ1v) is 7.61. The Kier molecular flexibility index (Phi) is 4.39. The van der Waals surface area contributed by atoms with Gasteiger partial charge < -0.3 is 9.47 Å². The van der Waals surface area contributed by atoms with E-state index in [1.165, 1.54) is 6.42 Å². The van der Waals surface area contributed by atoms with Crippen LogP contribution in [-0.2, 0) is 20.9 Å². The molecule has 0 saturated heterocycles. The normalized spacial score (nSPS) is 19.1. The maximum absolute atomic E-state index is 12.5. The van der Waals surface area contributed by atoms with E-state index in [9.17, 15) is 4.79 Å². The lowest BCUT2D eigenvalue weighted by molar-refractivity contribution is -0.120. The Morgan fingerprint density at radius 1 is 1.00 bits per heavy atom. The van der Waals surface area contributed by atoms with E-state index in [4.69, 9.17) is 9.47 Å². The first kappa shape index (κ1) is 13.9. The van der Waals surface area contributed by atoms with Gasteiger partial charge in [0.2, 0.25) is 0 Å². The second-order valence-corrected chi connectivity index (χ2v) is 5.49. The third-order valence-corrected chi connectivity index (χ3v) is 3.86.